The maximum atomic E-state index is 12.1. The Morgan fingerprint density at radius 3 is 2.35 bits per heavy atom. The fourth-order valence-corrected chi connectivity index (χ4v) is 2.67. The predicted octanol–water partition coefficient (Wildman–Crippen LogP) is 1.91. The molecule has 0 spiro atoms. The van der Waals surface area contributed by atoms with Crippen molar-refractivity contribution in [3.63, 3.8) is 0 Å². The van der Waals surface area contributed by atoms with E-state index >= 15 is 0 Å². The summed E-state index contributed by atoms with van der Waals surface area (Å²) in [6, 6.07) is 8.06. The van der Waals surface area contributed by atoms with Crippen LogP contribution in [0.15, 0.2) is 36.7 Å². The van der Waals surface area contributed by atoms with E-state index in [9.17, 15) is 18.4 Å². The van der Waals surface area contributed by atoms with Crippen LogP contribution in [0.2, 0.25) is 0 Å². The lowest BCUT2D eigenvalue weighted by atomic mass is 9.99. The normalized spacial score (nSPS) is 14.6. The number of hydrogen-bond donors (Lipinski definition) is 3. The minimum atomic E-state index is -3.21. The number of amides is 2. The maximum Gasteiger partial charge on any atom is 0.317 e. The van der Waals surface area contributed by atoms with Crippen LogP contribution >= 0.6 is 0 Å². The highest BCUT2D eigenvalue weighted by Gasteiger charge is 2.45. The summed E-state index contributed by atoms with van der Waals surface area (Å²) >= 11 is 0. The molecular formula is C17H17F2N5O2. The second-order valence-corrected chi connectivity index (χ2v) is 6.06. The molecule has 1 fully saturated rings. The van der Waals surface area contributed by atoms with Crippen LogP contribution in [0.4, 0.5) is 14.7 Å². The van der Waals surface area contributed by atoms with E-state index in [0.29, 0.717) is 5.95 Å². The Morgan fingerprint density at radius 1 is 1.12 bits per heavy atom. The zero-order valence-electron chi connectivity index (χ0n) is 13.9. The van der Waals surface area contributed by atoms with Crippen molar-refractivity contribution in [2.24, 2.45) is 0 Å². The van der Waals surface area contributed by atoms with Gasteiger partial charge in [0.15, 0.2) is 0 Å². The third-order valence-corrected chi connectivity index (χ3v) is 4.17. The number of rotatable bonds is 5. The average molecular weight is 361 g/mol. The summed E-state index contributed by atoms with van der Waals surface area (Å²) < 4.78 is 24.1. The highest BCUT2D eigenvalue weighted by molar-refractivity contribution is 5.95. The molecule has 0 aliphatic heterocycles. The van der Waals surface area contributed by atoms with E-state index in [1.54, 1.807) is 5.43 Å². The number of hydrazine groups is 1. The van der Waals surface area contributed by atoms with Gasteiger partial charge in [0.05, 0.1) is 11.1 Å². The first kappa shape index (κ1) is 17.7. The Labute approximate surface area is 148 Å². The largest absolute Gasteiger partial charge is 0.345 e. The zero-order valence-corrected chi connectivity index (χ0v) is 13.9. The van der Waals surface area contributed by atoms with E-state index in [4.69, 9.17) is 0 Å². The summed E-state index contributed by atoms with van der Waals surface area (Å²) in [6.07, 6.45) is 1.20. The van der Waals surface area contributed by atoms with Gasteiger partial charge >= 0.3 is 12.3 Å². The molecule has 0 bridgehead atoms. The number of carbonyl (C=O) groups is 2. The summed E-state index contributed by atoms with van der Waals surface area (Å²) in [5, 5.41) is 3.29. The SMILES string of the molecule is Cc1ccccc1C1(Nc2ncc(C(=O)NNC(=O)C(F)F)cn2)CC1. The van der Waals surface area contributed by atoms with Gasteiger partial charge in [0, 0.05) is 12.4 Å². The van der Waals surface area contributed by atoms with Gasteiger partial charge in [-0.25, -0.2) is 9.97 Å². The van der Waals surface area contributed by atoms with Gasteiger partial charge in [0.1, 0.15) is 0 Å². The Hall–Kier alpha value is -3.10. The molecule has 136 valence electrons. The third kappa shape index (κ3) is 3.76. The van der Waals surface area contributed by atoms with Crippen molar-refractivity contribution in [2.75, 3.05) is 5.32 Å². The van der Waals surface area contributed by atoms with Crippen LogP contribution in [0.1, 0.15) is 34.3 Å². The Bertz CT molecular complexity index is 822. The smallest absolute Gasteiger partial charge is 0.317 e. The van der Waals surface area contributed by atoms with Gasteiger partial charge < -0.3 is 5.32 Å². The number of halogens is 2. The topological polar surface area (TPSA) is 96.0 Å². The van der Waals surface area contributed by atoms with Gasteiger partial charge in [-0.3, -0.25) is 20.4 Å². The number of anilines is 1. The molecule has 9 heteroatoms. The lowest BCUT2D eigenvalue weighted by molar-refractivity contribution is -0.132. The van der Waals surface area contributed by atoms with Gasteiger partial charge in [0.25, 0.3) is 5.91 Å². The second-order valence-electron chi connectivity index (χ2n) is 6.06. The van der Waals surface area contributed by atoms with Crippen LogP contribution in [0.5, 0.6) is 0 Å². The van der Waals surface area contributed by atoms with Crippen LogP contribution < -0.4 is 16.2 Å². The van der Waals surface area contributed by atoms with Crippen molar-refractivity contribution in [1.82, 2.24) is 20.8 Å². The average Bonchev–Trinajstić information content (AvgIpc) is 3.40. The first-order valence-corrected chi connectivity index (χ1v) is 7.96. The highest BCUT2D eigenvalue weighted by Crippen LogP contribution is 2.48. The number of nitrogens with one attached hydrogen (secondary N) is 3. The molecular weight excluding hydrogens is 344 g/mol. The van der Waals surface area contributed by atoms with Gasteiger partial charge in [0.2, 0.25) is 5.95 Å². The van der Waals surface area contributed by atoms with Crippen LogP contribution in [0, 0.1) is 6.92 Å². The van der Waals surface area contributed by atoms with Crippen LogP contribution in [-0.2, 0) is 10.3 Å². The Morgan fingerprint density at radius 2 is 1.77 bits per heavy atom. The van der Waals surface area contributed by atoms with Gasteiger partial charge in [-0.2, -0.15) is 8.78 Å². The fraction of sp³-hybridized carbons (Fsp3) is 0.294. The summed E-state index contributed by atoms with van der Waals surface area (Å²) in [7, 11) is 0. The molecule has 2 amide bonds. The van der Waals surface area contributed by atoms with Gasteiger partial charge in [-0.15, -0.1) is 0 Å². The number of benzene rings is 1. The quantitative estimate of drug-likeness (QED) is 0.707. The molecule has 1 aromatic carbocycles. The van der Waals surface area contributed by atoms with E-state index in [1.807, 2.05) is 30.5 Å². The number of aryl methyl sites for hydroxylation is 1. The highest BCUT2D eigenvalue weighted by atomic mass is 19.3. The Balaban J connectivity index is 1.64. The number of hydrogen-bond acceptors (Lipinski definition) is 5. The second kappa shape index (κ2) is 7.03. The molecule has 1 aliphatic rings. The summed E-state index contributed by atoms with van der Waals surface area (Å²) in [5.74, 6) is -2.02. The Kier molecular flexibility index (Phi) is 4.79. The van der Waals surface area contributed by atoms with E-state index in [-0.39, 0.29) is 11.1 Å². The lowest BCUT2D eigenvalue weighted by Crippen LogP contribution is -2.44. The molecule has 1 aliphatic carbocycles. The standard InChI is InChI=1S/C17H17F2N5O2/c1-10-4-2-3-5-12(10)17(6-7-17)22-16-20-8-11(9-21-16)14(25)23-24-15(26)13(18)19/h2-5,8-9,13H,6-7H2,1H3,(H,23,25)(H,24,26)(H,20,21,22). The number of nitrogens with zero attached hydrogens (tertiary/aromatic N) is 2. The van der Waals surface area contributed by atoms with Gasteiger partial charge in [-0.05, 0) is 30.9 Å². The summed E-state index contributed by atoms with van der Waals surface area (Å²) in [6.45, 7) is 2.04. The maximum absolute atomic E-state index is 12.1. The molecule has 0 saturated heterocycles. The first-order chi connectivity index (χ1) is 12.4. The van der Waals surface area contributed by atoms with Crippen molar-refractivity contribution in [3.05, 3.63) is 53.3 Å². The van der Waals surface area contributed by atoms with Crippen molar-refractivity contribution < 1.29 is 18.4 Å². The minimum Gasteiger partial charge on any atom is -0.345 e. The predicted molar refractivity (Wildman–Crippen MR) is 89.4 cm³/mol. The minimum absolute atomic E-state index is 0.0332. The van der Waals surface area contributed by atoms with Crippen LogP contribution in [-0.4, -0.2) is 28.2 Å². The van der Waals surface area contributed by atoms with E-state index in [2.05, 4.69) is 21.4 Å². The fourth-order valence-electron chi connectivity index (χ4n) is 2.67. The molecule has 0 unspecified atom stereocenters. The van der Waals surface area contributed by atoms with Crippen molar-refractivity contribution >= 4 is 17.8 Å². The lowest BCUT2D eigenvalue weighted by Gasteiger charge is -2.20. The number of carbonyl (C=O) groups excluding carboxylic acids is 2. The summed E-state index contributed by atoms with van der Waals surface area (Å²) in [5.41, 5.74) is 5.66. The molecule has 1 heterocycles. The van der Waals surface area contributed by atoms with E-state index in [1.165, 1.54) is 23.5 Å². The van der Waals surface area contributed by atoms with Crippen molar-refractivity contribution in [3.8, 4) is 0 Å². The zero-order chi connectivity index (χ0) is 18.7. The molecule has 3 N–H and O–H groups in total. The monoisotopic (exact) mass is 361 g/mol. The molecule has 0 atom stereocenters. The molecule has 1 saturated carbocycles. The number of alkyl halides is 2. The van der Waals surface area contributed by atoms with Gasteiger partial charge in [-0.1, -0.05) is 24.3 Å². The molecule has 2 aromatic rings. The molecule has 0 radical (unpaired) electrons. The van der Waals surface area contributed by atoms with Crippen molar-refractivity contribution in [2.45, 2.75) is 31.7 Å². The summed E-state index contributed by atoms with van der Waals surface area (Å²) in [4.78, 5) is 30.7. The van der Waals surface area contributed by atoms with E-state index < -0.39 is 18.2 Å². The molecule has 1 aromatic heterocycles. The van der Waals surface area contributed by atoms with Crippen LogP contribution in [0.25, 0.3) is 0 Å². The molecule has 3 rings (SSSR count). The molecule has 26 heavy (non-hydrogen) atoms. The molecule has 7 nitrogen and oxygen atoms in total. The first-order valence-electron chi connectivity index (χ1n) is 7.96. The van der Waals surface area contributed by atoms with Crippen LogP contribution in [0.3, 0.4) is 0 Å². The number of aromatic nitrogens is 2. The van der Waals surface area contributed by atoms with E-state index in [0.717, 1.165) is 12.8 Å². The van der Waals surface area contributed by atoms with Crippen molar-refractivity contribution in [1.29, 1.82) is 0 Å². The third-order valence-electron chi connectivity index (χ3n) is 4.17.